The van der Waals surface area contributed by atoms with E-state index in [-0.39, 0.29) is 5.56 Å². The van der Waals surface area contributed by atoms with Crippen LogP contribution in [0.3, 0.4) is 0 Å². The molecule has 3 N–H and O–H groups in total. The molecule has 108 valence electrons. The van der Waals surface area contributed by atoms with Crippen molar-refractivity contribution in [2.75, 3.05) is 10.6 Å². The van der Waals surface area contributed by atoms with Gasteiger partial charge >= 0.3 is 12.0 Å². The molecule has 0 heterocycles. The van der Waals surface area contributed by atoms with Crippen molar-refractivity contribution in [3.05, 3.63) is 57.0 Å². The van der Waals surface area contributed by atoms with Crippen molar-refractivity contribution in [1.82, 2.24) is 0 Å². The molecular formula is C14H10Br2N2O3. The number of carbonyl (C=O) groups is 2. The van der Waals surface area contributed by atoms with Crippen molar-refractivity contribution in [2.24, 2.45) is 0 Å². The number of hydrogen-bond acceptors (Lipinski definition) is 2. The van der Waals surface area contributed by atoms with Gasteiger partial charge in [-0.2, -0.15) is 0 Å². The van der Waals surface area contributed by atoms with Gasteiger partial charge in [0.25, 0.3) is 0 Å². The summed E-state index contributed by atoms with van der Waals surface area (Å²) in [5.74, 6) is -1.03. The van der Waals surface area contributed by atoms with Crippen LogP contribution < -0.4 is 10.6 Å². The minimum atomic E-state index is -1.03. The van der Waals surface area contributed by atoms with Crippen LogP contribution in [-0.4, -0.2) is 17.1 Å². The maximum Gasteiger partial charge on any atom is 0.335 e. The van der Waals surface area contributed by atoms with Crippen LogP contribution in [0.15, 0.2) is 51.4 Å². The second-order valence-electron chi connectivity index (χ2n) is 4.06. The molecule has 2 aromatic rings. The Labute approximate surface area is 137 Å². The molecule has 0 aliphatic heterocycles. The first kappa shape index (κ1) is 15.5. The fourth-order valence-electron chi connectivity index (χ4n) is 1.59. The summed E-state index contributed by atoms with van der Waals surface area (Å²) >= 11 is 6.56. The molecule has 0 radical (unpaired) electrons. The molecule has 2 rings (SSSR count). The lowest BCUT2D eigenvalue weighted by Crippen LogP contribution is -2.20. The summed E-state index contributed by atoms with van der Waals surface area (Å²) < 4.78 is 1.25. The van der Waals surface area contributed by atoms with Crippen molar-refractivity contribution in [2.45, 2.75) is 0 Å². The number of nitrogens with one attached hydrogen (secondary N) is 2. The smallest absolute Gasteiger partial charge is 0.335 e. The van der Waals surface area contributed by atoms with Crippen LogP contribution in [0.2, 0.25) is 0 Å². The second kappa shape index (κ2) is 6.73. The quantitative estimate of drug-likeness (QED) is 0.690. The van der Waals surface area contributed by atoms with E-state index in [0.717, 1.165) is 4.47 Å². The lowest BCUT2D eigenvalue weighted by atomic mass is 10.2. The molecule has 0 fully saturated rings. The predicted molar refractivity (Wildman–Crippen MR) is 87.9 cm³/mol. The molecule has 0 bridgehead atoms. The molecule has 0 saturated heterocycles. The molecule has 2 aromatic carbocycles. The molecule has 0 unspecified atom stereocenters. The van der Waals surface area contributed by atoms with Crippen LogP contribution in [0.1, 0.15) is 10.4 Å². The van der Waals surface area contributed by atoms with Gasteiger partial charge in [0.05, 0.1) is 16.9 Å². The standard InChI is InChI=1S/C14H10Br2N2O3/c15-9-3-1-2-4-11(9)17-14(21)18-12-6-5-8(13(19)20)7-10(12)16/h1-7H,(H,19,20)(H2,17,18,21). The second-order valence-corrected chi connectivity index (χ2v) is 5.77. The van der Waals surface area contributed by atoms with E-state index in [4.69, 9.17) is 5.11 Å². The Hall–Kier alpha value is -1.86. The van der Waals surface area contributed by atoms with E-state index in [1.807, 2.05) is 12.1 Å². The van der Waals surface area contributed by atoms with Gasteiger partial charge in [0.15, 0.2) is 0 Å². The minimum Gasteiger partial charge on any atom is -0.478 e. The average Bonchev–Trinajstić information content (AvgIpc) is 2.43. The zero-order valence-corrected chi connectivity index (χ0v) is 13.7. The van der Waals surface area contributed by atoms with Crippen molar-refractivity contribution in [3.8, 4) is 0 Å². The van der Waals surface area contributed by atoms with Crippen molar-refractivity contribution < 1.29 is 14.7 Å². The first-order valence-corrected chi connectivity index (χ1v) is 7.41. The van der Waals surface area contributed by atoms with Crippen LogP contribution >= 0.6 is 31.9 Å². The van der Waals surface area contributed by atoms with Crippen LogP contribution in [0.4, 0.5) is 16.2 Å². The highest BCUT2D eigenvalue weighted by molar-refractivity contribution is 9.11. The van der Waals surface area contributed by atoms with Crippen molar-refractivity contribution >= 4 is 55.2 Å². The normalized spacial score (nSPS) is 10.0. The summed E-state index contributed by atoms with van der Waals surface area (Å²) in [7, 11) is 0. The maximum atomic E-state index is 11.9. The molecular weight excluding hydrogens is 404 g/mol. The third-order valence-corrected chi connectivity index (χ3v) is 3.93. The van der Waals surface area contributed by atoms with E-state index in [1.165, 1.54) is 18.2 Å². The van der Waals surface area contributed by atoms with Crippen LogP contribution in [0.25, 0.3) is 0 Å². The van der Waals surface area contributed by atoms with Gasteiger partial charge in [-0.3, -0.25) is 0 Å². The number of hydrogen-bond donors (Lipinski definition) is 3. The number of para-hydroxylation sites is 1. The lowest BCUT2D eigenvalue weighted by molar-refractivity contribution is 0.0697. The number of halogens is 2. The van der Waals surface area contributed by atoms with Crippen LogP contribution in [0, 0.1) is 0 Å². The van der Waals surface area contributed by atoms with Gasteiger partial charge in [-0.25, -0.2) is 9.59 Å². The monoisotopic (exact) mass is 412 g/mol. The van der Waals surface area contributed by atoms with Gasteiger partial charge in [-0.1, -0.05) is 12.1 Å². The zero-order chi connectivity index (χ0) is 15.4. The molecule has 0 saturated carbocycles. The molecule has 0 aliphatic rings. The molecule has 0 aliphatic carbocycles. The summed E-state index contributed by atoms with van der Waals surface area (Å²) in [6.45, 7) is 0. The van der Waals surface area contributed by atoms with E-state index >= 15 is 0 Å². The minimum absolute atomic E-state index is 0.138. The Balaban J connectivity index is 2.10. The third-order valence-electron chi connectivity index (χ3n) is 2.59. The van der Waals surface area contributed by atoms with E-state index in [0.29, 0.717) is 15.8 Å². The highest BCUT2D eigenvalue weighted by atomic mass is 79.9. The van der Waals surface area contributed by atoms with Gasteiger partial charge < -0.3 is 15.7 Å². The van der Waals surface area contributed by atoms with Gasteiger partial charge in [0.2, 0.25) is 0 Å². The van der Waals surface area contributed by atoms with Crippen LogP contribution in [0.5, 0.6) is 0 Å². The number of aromatic carboxylic acids is 1. The number of benzene rings is 2. The molecule has 0 atom stereocenters. The lowest BCUT2D eigenvalue weighted by Gasteiger charge is -2.10. The van der Waals surface area contributed by atoms with Gasteiger partial charge in [-0.15, -0.1) is 0 Å². The van der Waals surface area contributed by atoms with Gasteiger partial charge in [0.1, 0.15) is 0 Å². The van der Waals surface area contributed by atoms with Gasteiger partial charge in [0, 0.05) is 8.95 Å². The Morgan fingerprint density at radius 2 is 1.52 bits per heavy atom. The molecule has 7 heteroatoms. The number of urea groups is 1. The number of anilines is 2. The molecule has 5 nitrogen and oxygen atoms in total. The first-order valence-electron chi connectivity index (χ1n) is 5.83. The molecule has 0 spiro atoms. The highest BCUT2D eigenvalue weighted by Crippen LogP contribution is 2.25. The summed E-state index contributed by atoms with van der Waals surface area (Å²) in [6.07, 6.45) is 0. The highest BCUT2D eigenvalue weighted by Gasteiger charge is 2.10. The first-order chi connectivity index (χ1) is 9.97. The number of amides is 2. The maximum absolute atomic E-state index is 11.9. The van der Waals surface area contributed by atoms with Crippen molar-refractivity contribution in [3.63, 3.8) is 0 Å². The predicted octanol–water partition coefficient (Wildman–Crippen LogP) is 4.55. The molecule has 0 aromatic heterocycles. The summed E-state index contributed by atoms with van der Waals surface area (Å²) in [5, 5.41) is 14.2. The zero-order valence-electron chi connectivity index (χ0n) is 10.6. The topological polar surface area (TPSA) is 78.4 Å². The Morgan fingerprint density at radius 3 is 2.10 bits per heavy atom. The fourth-order valence-corrected chi connectivity index (χ4v) is 2.45. The number of rotatable bonds is 3. The van der Waals surface area contributed by atoms with Gasteiger partial charge in [-0.05, 0) is 62.2 Å². The Kier molecular flexibility index (Phi) is 4.98. The summed E-state index contributed by atoms with van der Waals surface area (Å²) in [5.41, 5.74) is 1.25. The number of carbonyl (C=O) groups excluding carboxylic acids is 1. The average molecular weight is 414 g/mol. The number of carboxylic acid groups (broad SMARTS) is 1. The summed E-state index contributed by atoms with van der Waals surface area (Å²) in [6, 6.07) is 11.2. The summed E-state index contributed by atoms with van der Waals surface area (Å²) in [4.78, 5) is 22.8. The van der Waals surface area contributed by atoms with Crippen molar-refractivity contribution in [1.29, 1.82) is 0 Å². The van der Waals surface area contributed by atoms with Crippen LogP contribution in [-0.2, 0) is 0 Å². The fraction of sp³-hybridized carbons (Fsp3) is 0. The van der Waals surface area contributed by atoms with E-state index in [9.17, 15) is 9.59 Å². The Bertz CT molecular complexity index is 704. The van der Waals surface area contributed by atoms with E-state index in [1.54, 1.807) is 12.1 Å². The van der Waals surface area contributed by atoms with E-state index in [2.05, 4.69) is 42.5 Å². The SMILES string of the molecule is O=C(Nc1ccccc1Br)Nc1ccc(C(=O)O)cc1Br. The third kappa shape index (κ3) is 4.05. The number of carboxylic acids is 1. The van der Waals surface area contributed by atoms with E-state index < -0.39 is 12.0 Å². The molecule has 21 heavy (non-hydrogen) atoms. The Morgan fingerprint density at radius 1 is 0.905 bits per heavy atom. The molecule has 2 amide bonds. The largest absolute Gasteiger partial charge is 0.478 e.